The van der Waals surface area contributed by atoms with E-state index in [1.165, 1.54) is 0 Å². The average Bonchev–Trinajstić information content (AvgIpc) is 3.20. The van der Waals surface area contributed by atoms with E-state index in [1.807, 2.05) is 24.3 Å². The number of anilines is 1. The zero-order valence-electron chi connectivity index (χ0n) is 16.0. The summed E-state index contributed by atoms with van der Waals surface area (Å²) in [7, 11) is 3.11. The molecule has 2 aromatic carbocycles. The van der Waals surface area contributed by atoms with Gasteiger partial charge in [0.05, 0.1) is 14.2 Å². The van der Waals surface area contributed by atoms with Crippen LogP contribution in [0.1, 0.15) is 12.8 Å². The second kappa shape index (κ2) is 10.2. The lowest BCUT2D eigenvalue weighted by atomic mass is 10.2. The van der Waals surface area contributed by atoms with Gasteiger partial charge in [0.2, 0.25) is 11.8 Å². The maximum Gasteiger partial charge on any atom is 0.322 e. The van der Waals surface area contributed by atoms with E-state index < -0.39 is 0 Å². The quantitative estimate of drug-likeness (QED) is 0.378. The molecule has 1 amide bonds. The van der Waals surface area contributed by atoms with Crippen molar-refractivity contribution in [2.45, 2.75) is 17.7 Å². The standard InChI is InChI=1S/C20H20ClN3O4S/c1-26-16-10-5-13(12-17(16)27-2)19-23-24-20(28-19)22-18(25)4-3-11-29-15-8-6-14(21)7-9-15/h5-10,12H,3-4,11H2,1-2H3,(H,22,24,25). The van der Waals surface area contributed by atoms with Gasteiger partial charge in [-0.25, -0.2) is 0 Å². The van der Waals surface area contributed by atoms with Crippen molar-refractivity contribution >= 4 is 35.3 Å². The van der Waals surface area contributed by atoms with Crippen LogP contribution in [0.2, 0.25) is 5.02 Å². The van der Waals surface area contributed by atoms with Gasteiger partial charge in [-0.15, -0.1) is 16.9 Å². The first kappa shape index (κ1) is 21.0. The molecule has 0 saturated heterocycles. The summed E-state index contributed by atoms with van der Waals surface area (Å²) in [5.74, 6) is 2.06. The molecule has 0 aliphatic heterocycles. The Balaban J connectivity index is 1.49. The van der Waals surface area contributed by atoms with E-state index in [9.17, 15) is 4.79 Å². The topological polar surface area (TPSA) is 86.5 Å². The van der Waals surface area contributed by atoms with Crippen molar-refractivity contribution in [2.75, 3.05) is 25.3 Å². The number of aromatic nitrogens is 2. The van der Waals surface area contributed by atoms with E-state index in [2.05, 4.69) is 15.5 Å². The van der Waals surface area contributed by atoms with Gasteiger partial charge in [0.25, 0.3) is 0 Å². The smallest absolute Gasteiger partial charge is 0.322 e. The summed E-state index contributed by atoms with van der Waals surface area (Å²) in [6.07, 6.45) is 1.07. The molecule has 0 fully saturated rings. The Hall–Kier alpha value is -2.71. The fourth-order valence-electron chi connectivity index (χ4n) is 2.49. The highest BCUT2D eigenvalue weighted by Gasteiger charge is 2.13. The van der Waals surface area contributed by atoms with Crippen LogP contribution < -0.4 is 14.8 Å². The highest BCUT2D eigenvalue weighted by molar-refractivity contribution is 7.99. The number of halogens is 1. The Kier molecular flexibility index (Phi) is 7.37. The number of nitrogens with one attached hydrogen (secondary N) is 1. The van der Waals surface area contributed by atoms with Crippen molar-refractivity contribution in [2.24, 2.45) is 0 Å². The van der Waals surface area contributed by atoms with Crippen LogP contribution in [0.25, 0.3) is 11.5 Å². The lowest BCUT2D eigenvalue weighted by molar-refractivity contribution is -0.116. The molecule has 1 aromatic heterocycles. The maximum absolute atomic E-state index is 12.1. The van der Waals surface area contributed by atoms with Crippen LogP contribution in [-0.2, 0) is 4.79 Å². The third-order valence-corrected chi connectivity index (χ3v) is 5.28. The third-order valence-electron chi connectivity index (χ3n) is 3.93. The molecule has 3 rings (SSSR count). The molecule has 0 spiro atoms. The van der Waals surface area contributed by atoms with Gasteiger partial charge in [-0.1, -0.05) is 16.7 Å². The molecule has 0 saturated carbocycles. The Morgan fingerprint density at radius 2 is 1.86 bits per heavy atom. The van der Waals surface area contributed by atoms with Gasteiger partial charge >= 0.3 is 6.01 Å². The normalized spacial score (nSPS) is 10.6. The van der Waals surface area contributed by atoms with Gasteiger partial charge in [0, 0.05) is 21.9 Å². The molecule has 0 atom stereocenters. The maximum atomic E-state index is 12.1. The highest BCUT2D eigenvalue weighted by Crippen LogP contribution is 2.32. The van der Waals surface area contributed by atoms with E-state index in [1.54, 1.807) is 44.2 Å². The predicted molar refractivity (Wildman–Crippen MR) is 113 cm³/mol. The molecule has 0 aliphatic carbocycles. The van der Waals surface area contributed by atoms with Crippen LogP contribution in [0.4, 0.5) is 6.01 Å². The van der Waals surface area contributed by atoms with Gasteiger partial charge in [-0.3, -0.25) is 10.1 Å². The number of ether oxygens (including phenoxy) is 2. The largest absolute Gasteiger partial charge is 0.493 e. The van der Waals surface area contributed by atoms with Crippen molar-refractivity contribution in [1.82, 2.24) is 10.2 Å². The van der Waals surface area contributed by atoms with Crippen molar-refractivity contribution in [3.63, 3.8) is 0 Å². The lowest BCUT2D eigenvalue weighted by Crippen LogP contribution is -2.11. The summed E-state index contributed by atoms with van der Waals surface area (Å²) in [6, 6.07) is 12.9. The molecule has 152 valence electrons. The lowest BCUT2D eigenvalue weighted by Gasteiger charge is -2.07. The van der Waals surface area contributed by atoms with Crippen molar-refractivity contribution in [3.8, 4) is 23.0 Å². The number of carbonyl (C=O) groups is 1. The van der Waals surface area contributed by atoms with Crippen LogP contribution in [0.5, 0.6) is 11.5 Å². The Labute approximate surface area is 177 Å². The van der Waals surface area contributed by atoms with E-state index in [0.29, 0.717) is 28.5 Å². The van der Waals surface area contributed by atoms with Crippen LogP contribution in [0.15, 0.2) is 51.8 Å². The van der Waals surface area contributed by atoms with Gasteiger partial charge in [0.15, 0.2) is 11.5 Å². The van der Waals surface area contributed by atoms with E-state index >= 15 is 0 Å². The zero-order chi connectivity index (χ0) is 20.6. The number of rotatable bonds is 9. The summed E-state index contributed by atoms with van der Waals surface area (Å²) in [4.78, 5) is 13.2. The first-order chi connectivity index (χ1) is 14.1. The fraction of sp³-hybridized carbons (Fsp3) is 0.250. The fourth-order valence-corrected chi connectivity index (χ4v) is 3.47. The summed E-state index contributed by atoms with van der Waals surface area (Å²) in [5.41, 5.74) is 0.662. The second-order valence-corrected chi connectivity index (χ2v) is 7.54. The first-order valence-corrected chi connectivity index (χ1v) is 10.2. The second-order valence-electron chi connectivity index (χ2n) is 5.94. The number of carbonyl (C=O) groups excluding carboxylic acids is 1. The molecule has 29 heavy (non-hydrogen) atoms. The number of hydrogen-bond acceptors (Lipinski definition) is 7. The van der Waals surface area contributed by atoms with E-state index in [0.717, 1.165) is 17.1 Å². The monoisotopic (exact) mass is 433 g/mol. The molecule has 9 heteroatoms. The molecular weight excluding hydrogens is 414 g/mol. The molecule has 0 unspecified atom stereocenters. The summed E-state index contributed by atoms with van der Waals surface area (Å²) in [6.45, 7) is 0. The van der Waals surface area contributed by atoms with Gasteiger partial charge in [-0.05, 0) is 54.6 Å². The van der Waals surface area contributed by atoms with Crippen molar-refractivity contribution in [1.29, 1.82) is 0 Å². The van der Waals surface area contributed by atoms with Gasteiger partial charge < -0.3 is 13.9 Å². The Morgan fingerprint density at radius 1 is 1.10 bits per heavy atom. The molecule has 0 bridgehead atoms. The molecule has 1 N–H and O–H groups in total. The van der Waals surface area contributed by atoms with E-state index in [-0.39, 0.29) is 17.8 Å². The van der Waals surface area contributed by atoms with Crippen LogP contribution in [-0.4, -0.2) is 36.1 Å². The van der Waals surface area contributed by atoms with Crippen LogP contribution >= 0.6 is 23.4 Å². The minimum absolute atomic E-state index is 0.0603. The number of amides is 1. The SMILES string of the molecule is COc1ccc(-c2nnc(NC(=O)CCCSc3ccc(Cl)cc3)o2)cc1OC. The molecule has 1 heterocycles. The third kappa shape index (κ3) is 5.88. The number of benzene rings is 2. The average molecular weight is 434 g/mol. The summed E-state index contributed by atoms with van der Waals surface area (Å²) < 4.78 is 16.0. The van der Waals surface area contributed by atoms with E-state index in [4.69, 9.17) is 25.5 Å². The number of nitrogens with zero attached hydrogens (tertiary/aromatic N) is 2. The molecular formula is C20H20ClN3O4S. The van der Waals surface area contributed by atoms with Crippen LogP contribution in [0, 0.1) is 0 Å². The number of methoxy groups -OCH3 is 2. The summed E-state index contributed by atoms with van der Waals surface area (Å²) in [5, 5.41) is 11.2. The Morgan fingerprint density at radius 3 is 2.59 bits per heavy atom. The summed E-state index contributed by atoms with van der Waals surface area (Å²) >= 11 is 7.54. The molecule has 7 nitrogen and oxygen atoms in total. The minimum Gasteiger partial charge on any atom is -0.493 e. The van der Waals surface area contributed by atoms with Gasteiger partial charge in [-0.2, -0.15) is 0 Å². The molecule has 0 aliphatic rings. The van der Waals surface area contributed by atoms with Gasteiger partial charge in [0.1, 0.15) is 0 Å². The number of thioether (sulfide) groups is 1. The van der Waals surface area contributed by atoms with Crippen molar-refractivity contribution in [3.05, 3.63) is 47.5 Å². The molecule has 0 radical (unpaired) electrons. The highest BCUT2D eigenvalue weighted by atomic mass is 35.5. The first-order valence-electron chi connectivity index (χ1n) is 8.83. The zero-order valence-corrected chi connectivity index (χ0v) is 17.5. The van der Waals surface area contributed by atoms with Crippen LogP contribution in [0.3, 0.4) is 0 Å². The molecule has 3 aromatic rings. The van der Waals surface area contributed by atoms with Crippen molar-refractivity contribution < 1.29 is 18.7 Å². The predicted octanol–water partition coefficient (Wildman–Crippen LogP) is 4.92. The minimum atomic E-state index is -0.177. The Bertz CT molecular complexity index is 963. The number of hydrogen-bond donors (Lipinski definition) is 1.